The van der Waals surface area contributed by atoms with Gasteiger partial charge in [-0.2, -0.15) is 0 Å². The quantitative estimate of drug-likeness (QED) is 0.206. The molecule has 2 heterocycles. The van der Waals surface area contributed by atoms with Crippen molar-refractivity contribution in [3.05, 3.63) is 127 Å². The molecule has 2 atom stereocenters. The zero-order valence-electron chi connectivity index (χ0n) is 24.7. The molecule has 6 aromatic rings. The maximum absolute atomic E-state index is 4.53. The summed E-state index contributed by atoms with van der Waals surface area (Å²) in [5, 5.41) is 5.23. The van der Waals surface area contributed by atoms with Crippen molar-refractivity contribution in [1.82, 2.24) is 4.98 Å². The number of nitrogens with zero attached hydrogens (tertiary/aromatic N) is 2. The number of aryl methyl sites for hydroxylation is 1. The summed E-state index contributed by atoms with van der Waals surface area (Å²) in [6, 6.07) is 40.6. The van der Waals surface area contributed by atoms with E-state index in [4.69, 9.17) is 0 Å². The second-order valence-corrected chi connectivity index (χ2v) is 12.7. The molecule has 0 spiro atoms. The van der Waals surface area contributed by atoms with Gasteiger partial charge in [0.2, 0.25) is 0 Å². The van der Waals surface area contributed by atoms with E-state index in [9.17, 15) is 0 Å². The molecule has 2 heteroatoms. The van der Waals surface area contributed by atoms with Gasteiger partial charge in [0.25, 0.3) is 0 Å². The molecule has 0 N–H and O–H groups in total. The molecule has 1 aliphatic carbocycles. The zero-order valence-corrected chi connectivity index (χ0v) is 24.7. The first kappa shape index (κ1) is 25.3. The lowest BCUT2D eigenvalue weighted by Crippen LogP contribution is -2.54. The van der Waals surface area contributed by atoms with Crippen LogP contribution in [-0.2, 0) is 5.41 Å². The van der Waals surface area contributed by atoms with E-state index in [0.29, 0.717) is 0 Å². The average molecular weight is 545 g/mol. The SMILES string of the molecule is Cc1cc(N2c3ccc(-c4c5ccccc5c(-c5ccccc5)c5ccccc45)cc3C3(C)CCCCC23C)ccn1. The first-order valence-electron chi connectivity index (χ1n) is 15.4. The van der Waals surface area contributed by atoms with E-state index in [1.165, 1.54) is 86.4 Å². The van der Waals surface area contributed by atoms with E-state index in [-0.39, 0.29) is 11.0 Å². The van der Waals surface area contributed by atoms with Crippen LogP contribution in [0.4, 0.5) is 11.4 Å². The first-order valence-corrected chi connectivity index (χ1v) is 15.4. The Kier molecular flexibility index (Phi) is 5.60. The fourth-order valence-corrected chi connectivity index (χ4v) is 8.32. The van der Waals surface area contributed by atoms with E-state index < -0.39 is 0 Å². The minimum atomic E-state index is 0.0152. The van der Waals surface area contributed by atoms with Gasteiger partial charge in [0.15, 0.2) is 0 Å². The fraction of sp³-hybridized carbons (Fsp3) is 0.225. The Hall–Kier alpha value is -4.43. The van der Waals surface area contributed by atoms with E-state index in [1.807, 2.05) is 6.20 Å². The summed E-state index contributed by atoms with van der Waals surface area (Å²) in [5.41, 5.74) is 10.5. The summed E-state index contributed by atoms with van der Waals surface area (Å²) in [7, 11) is 0. The summed E-state index contributed by atoms with van der Waals surface area (Å²) < 4.78 is 0. The second-order valence-electron chi connectivity index (χ2n) is 12.7. The Bertz CT molecular complexity index is 1930. The molecule has 0 radical (unpaired) electrons. The third-order valence-electron chi connectivity index (χ3n) is 10.5. The topological polar surface area (TPSA) is 16.1 Å². The summed E-state index contributed by atoms with van der Waals surface area (Å²) in [6.07, 6.45) is 6.90. The van der Waals surface area contributed by atoms with Gasteiger partial charge in [0.1, 0.15) is 0 Å². The molecule has 0 bridgehead atoms. The molecule has 1 saturated carbocycles. The number of fused-ring (bicyclic) bond motifs is 5. The number of benzene rings is 5. The molecule has 1 fully saturated rings. The predicted molar refractivity (Wildman–Crippen MR) is 178 cm³/mol. The van der Waals surface area contributed by atoms with E-state index in [2.05, 4.69) is 140 Å². The van der Waals surface area contributed by atoms with Crippen molar-refractivity contribution in [3.63, 3.8) is 0 Å². The molecule has 206 valence electrons. The Balaban J connectivity index is 1.42. The van der Waals surface area contributed by atoms with Crippen molar-refractivity contribution in [2.75, 3.05) is 4.90 Å². The van der Waals surface area contributed by atoms with Gasteiger partial charge < -0.3 is 4.90 Å². The Morgan fingerprint density at radius 2 is 1.21 bits per heavy atom. The first-order chi connectivity index (χ1) is 20.5. The van der Waals surface area contributed by atoms with Crippen LogP contribution in [0.15, 0.2) is 115 Å². The predicted octanol–water partition coefficient (Wildman–Crippen LogP) is 10.8. The van der Waals surface area contributed by atoms with Crippen molar-refractivity contribution in [2.24, 2.45) is 0 Å². The molecule has 5 aromatic carbocycles. The third-order valence-corrected chi connectivity index (χ3v) is 10.5. The normalized spacial score (nSPS) is 21.5. The Labute approximate surface area is 248 Å². The van der Waals surface area contributed by atoms with Crippen molar-refractivity contribution in [1.29, 1.82) is 0 Å². The lowest BCUT2D eigenvalue weighted by Gasteiger charge is -2.50. The van der Waals surface area contributed by atoms with Gasteiger partial charge >= 0.3 is 0 Å². The lowest BCUT2D eigenvalue weighted by atomic mass is 9.61. The van der Waals surface area contributed by atoms with Crippen molar-refractivity contribution in [3.8, 4) is 22.3 Å². The van der Waals surface area contributed by atoms with Crippen molar-refractivity contribution < 1.29 is 0 Å². The van der Waals surface area contributed by atoms with Gasteiger partial charge in [-0.05, 0) is 100 Å². The maximum atomic E-state index is 4.53. The standard InChI is InChI=1S/C40H36N2/c1-27-25-30(21-24-41-27)42-36-20-19-29(26-35(36)39(2)22-11-12-23-40(39,42)3)38-33-17-9-7-15-31(33)37(28-13-5-4-6-14-28)32-16-8-10-18-34(32)38/h4-10,13-21,24-26H,11-12,22-23H2,1-3H3. The number of anilines is 2. The summed E-state index contributed by atoms with van der Waals surface area (Å²) in [4.78, 5) is 7.17. The molecule has 1 aliphatic heterocycles. The van der Waals surface area contributed by atoms with Gasteiger partial charge in [-0.1, -0.05) is 105 Å². The van der Waals surface area contributed by atoms with E-state index >= 15 is 0 Å². The minimum absolute atomic E-state index is 0.0152. The van der Waals surface area contributed by atoms with Gasteiger partial charge in [0.05, 0.1) is 5.54 Å². The number of hydrogen-bond acceptors (Lipinski definition) is 2. The van der Waals surface area contributed by atoms with Crippen LogP contribution < -0.4 is 4.90 Å². The van der Waals surface area contributed by atoms with Gasteiger partial charge in [-0.25, -0.2) is 0 Å². The molecule has 42 heavy (non-hydrogen) atoms. The summed E-state index contributed by atoms with van der Waals surface area (Å²) in [5.74, 6) is 0. The molecular weight excluding hydrogens is 508 g/mol. The number of aromatic nitrogens is 1. The van der Waals surface area contributed by atoms with E-state index in [1.54, 1.807) is 0 Å². The van der Waals surface area contributed by atoms with Crippen LogP contribution >= 0.6 is 0 Å². The largest absolute Gasteiger partial charge is 0.334 e. The highest BCUT2D eigenvalue weighted by Crippen LogP contribution is 2.61. The summed E-state index contributed by atoms with van der Waals surface area (Å²) in [6.45, 7) is 7.12. The highest BCUT2D eigenvalue weighted by molar-refractivity contribution is 6.21. The van der Waals surface area contributed by atoms with Crippen LogP contribution in [0.25, 0.3) is 43.8 Å². The number of rotatable bonds is 3. The molecule has 1 aromatic heterocycles. The van der Waals surface area contributed by atoms with Gasteiger partial charge in [-0.15, -0.1) is 0 Å². The number of hydrogen-bond donors (Lipinski definition) is 0. The molecule has 0 amide bonds. The van der Waals surface area contributed by atoms with Gasteiger partial charge in [-0.3, -0.25) is 4.98 Å². The highest BCUT2D eigenvalue weighted by Gasteiger charge is 2.57. The van der Waals surface area contributed by atoms with E-state index in [0.717, 1.165) is 5.69 Å². The van der Waals surface area contributed by atoms with Crippen LogP contribution in [0.2, 0.25) is 0 Å². The molecular formula is C40H36N2. The lowest BCUT2D eigenvalue weighted by molar-refractivity contribution is 0.195. The van der Waals surface area contributed by atoms with Crippen molar-refractivity contribution in [2.45, 2.75) is 57.4 Å². The van der Waals surface area contributed by atoms with Crippen molar-refractivity contribution >= 4 is 32.9 Å². The van der Waals surface area contributed by atoms with Crippen LogP contribution in [0, 0.1) is 6.92 Å². The maximum Gasteiger partial charge on any atom is 0.0517 e. The molecule has 8 rings (SSSR count). The Morgan fingerprint density at radius 1 is 0.619 bits per heavy atom. The zero-order chi connectivity index (χ0) is 28.5. The molecule has 2 aliphatic rings. The fourth-order valence-electron chi connectivity index (χ4n) is 8.32. The third kappa shape index (κ3) is 3.48. The smallest absolute Gasteiger partial charge is 0.0517 e. The van der Waals surface area contributed by atoms with Crippen LogP contribution in [-0.4, -0.2) is 10.5 Å². The van der Waals surface area contributed by atoms with Gasteiger partial charge in [0, 0.05) is 28.7 Å². The molecule has 0 saturated heterocycles. The monoisotopic (exact) mass is 544 g/mol. The van der Waals surface area contributed by atoms with Crippen LogP contribution in [0.5, 0.6) is 0 Å². The summed E-state index contributed by atoms with van der Waals surface area (Å²) >= 11 is 0. The number of pyridine rings is 1. The minimum Gasteiger partial charge on any atom is -0.334 e. The van der Waals surface area contributed by atoms with Crippen LogP contribution in [0.1, 0.15) is 50.8 Å². The Morgan fingerprint density at radius 3 is 1.86 bits per heavy atom. The molecule has 2 nitrogen and oxygen atoms in total. The average Bonchev–Trinajstić information content (AvgIpc) is 3.23. The highest BCUT2D eigenvalue weighted by atomic mass is 15.3. The second kappa shape index (κ2) is 9.29. The van der Waals surface area contributed by atoms with Crippen LogP contribution in [0.3, 0.4) is 0 Å². The molecule has 2 unspecified atom stereocenters.